The summed E-state index contributed by atoms with van der Waals surface area (Å²) in [4.78, 5) is 20.7. The molecule has 0 fully saturated rings. The van der Waals surface area contributed by atoms with Crippen molar-refractivity contribution >= 4 is 23.4 Å². The summed E-state index contributed by atoms with van der Waals surface area (Å²) in [6.45, 7) is 1.22. The second-order valence-electron chi connectivity index (χ2n) is 1.93. The molecule has 0 saturated heterocycles. The lowest BCUT2D eigenvalue weighted by molar-refractivity contribution is -0.156. The Labute approximate surface area is 68.5 Å². The van der Waals surface area contributed by atoms with E-state index in [1.165, 1.54) is 6.92 Å². The fourth-order valence-corrected chi connectivity index (χ4v) is 0.482. The fourth-order valence-electron chi connectivity index (χ4n) is 0.419. The number of esters is 1. The number of ether oxygens (including phenoxy) is 1. The minimum absolute atomic E-state index is 0.364. The molecule has 0 saturated carbocycles. The molecule has 3 nitrogen and oxygen atoms in total. The van der Waals surface area contributed by atoms with Crippen LogP contribution in [0.3, 0.4) is 0 Å². The van der Waals surface area contributed by atoms with Gasteiger partial charge in [0, 0.05) is 0 Å². The van der Waals surface area contributed by atoms with Crippen LogP contribution in [-0.4, -0.2) is 24.0 Å². The lowest BCUT2D eigenvalue weighted by Crippen LogP contribution is -2.16. The average molecular weight is 183 g/mol. The first kappa shape index (κ1) is 10.4. The molecule has 0 aliphatic carbocycles. The van der Waals surface area contributed by atoms with Crippen molar-refractivity contribution in [3.05, 3.63) is 0 Å². The zero-order chi connectivity index (χ0) is 8.85. The van der Waals surface area contributed by atoms with Crippen molar-refractivity contribution in [2.45, 2.75) is 19.7 Å². The van der Waals surface area contributed by atoms with Crippen LogP contribution in [-0.2, 0) is 14.3 Å². The van der Waals surface area contributed by atoms with Crippen molar-refractivity contribution in [2.75, 3.05) is 5.88 Å². The summed E-state index contributed by atoms with van der Waals surface area (Å²) in [7, 11) is 0. The number of alkyl halides is 2. The number of halogens is 2. The van der Waals surface area contributed by atoms with E-state index in [-0.39, 0.29) is 5.78 Å². The fraction of sp³-hybridized carbons (Fsp3) is 0.667. The molecule has 0 spiro atoms. The number of ketones is 1. The number of rotatable bonds is 4. The third-order valence-electron chi connectivity index (χ3n) is 0.774. The summed E-state index contributed by atoms with van der Waals surface area (Å²) in [5.74, 6) is -1.66. The summed E-state index contributed by atoms with van der Waals surface area (Å²) in [5, 5.41) is 0. The maximum atomic E-state index is 12.1. The van der Waals surface area contributed by atoms with Gasteiger partial charge in [-0.15, -0.1) is 11.6 Å². The van der Waals surface area contributed by atoms with E-state index in [0.717, 1.165) is 0 Å². The molecule has 0 heterocycles. The van der Waals surface area contributed by atoms with Crippen molar-refractivity contribution in [3.63, 3.8) is 0 Å². The summed E-state index contributed by atoms with van der Waals surface area (Å²) in [6.07, 6.45) is -2.22. The number of hydrogen-bond acceptors (Lipinski definition) is 3. The van der Waals surface area contributed by atoms with Crippen LogP contribution < -0.4 is 0 Å². The number of carbonyl (C=O) groups excluding carboxylic acids is 2. The molecule has 0 aliphatic heterocycles. The number of carbonyl (C=O) groups is 2. The van der Waals surface area contributed by atoms with Gasteiger partial charge >= 0.3 is 5.97 Å². The zero-order valence-electron chi connectivity index (χ0n) is 5.97. The first-order chi connectivity index (χ1) is 5.06. The minimum Gasteiger partial charge on any atom is -0.429 e. The zero-order valence-corrected chi connectivity index (χ0v) is 6.73. The van der Waals surface area contributed by atoms with E-state index in [9.17, 15) is 14.0 Å². The largest absolute Gasteiger partial charge is 0.429 e. The van der Waals surface area contributed by atoms with Gasteiger partial charge in [0.2, 0.25) is 0 Å². The lowest BCUT2D eigenvalue weighted by Gasteiger charge is -2.04. The van der Waals surface area contributed by atoms with Gasteiger partial charge in [0.05, 0.1) is 5.88 Å². The maximum Gasteiger partial charge on any atom is 0.315 e. The average Bonchev–Trinajstić information content (AvgIpc) is 1.85. The molecule has 0 amide bonds. The van der Waals surface area contributed by atoms with Crippen molar-refractivity contribution in [1.82, 2.24) is 0 Å². The Hall–Kier alpha value is -0.640. The Morgan fingerprint density at radius 3 is 2.55 bits per heavy atom. The van der Waals surface area contributed by atoms with E-state index in [1.54, 1.807) is 0 Å². The normalized spacial score (nSPS) is 12.3. The third kappa shape index (κ3) is 5.79. The van der Waals surface area contributed by atoms with Crippen LogP contribution in [0.5, 0.6) is 0 Å². The lowest BCUT2D eigenvalue weighted by atomic mass is 10.3. The molecule has 5 heteroatoms. The predicted molar refractivity (Wildman–Crippen MR) is 37.0 cm³/mol. The third-order valence-corrected chi connectivity index (χ3v) is 1.02. The van der Waals surface area contributed by atoms with Gasteiger partial charge < -0.3 is 4.74 Å². The molecule has 0 rings (SSSR count). The minimum atomic E-state index is -1.82. The molecule has 0 aromatic rings. The van der Waals surface area contributed by atoms with E-state index < -0.39 is 24.6 Å². The van der Waals surface area contributed by atoms with Crippen LogP contribution in [0, 0.1) is 0 Å². The van der Waals surface area contributed by atoms with Crippen molar-refractivity contribution in [2.24, 2.45) is 0 Å². The van der Waals surface area contributed by atoms with Gasteiger partial charge in [-0.05, 0) is 6.92 Å². The van der Waals surface area contributed by atoms with E-state index in [0.29, 0.717) is 0 Å². The predicted octanol–water partition coefficient (Wildman–Crippen LogP) is 1.04. The van der Waals surface area contributed by atoms with Gasteiger partial charge in [-0.1, -0.05) is 0 Å². The molecular formula is C6H8ClFO3. The molecule has 0 aliphatic rings. The molecule has 1 unspecified atom stereocenters. The standard InChI is InChI=1S/C6H8ClFO3/c1-4(9)2-6(10)11-5(8)3-7/h5H,2-3H2,1H3. The van der Waals surface area contributed by atoms with Crippen LogP contribution in [0.15, 0.2) is 0 Å². The smallest absolute Gasteiger partial charge is 0.315 e. The SMILES string of the molecule is CC(=O)CC(=O)OC(F)CCl. The molecule has 11 heavy (non-hydrogen) atoms. The first-order valence-corrected chi connectivity index (χ1v) is 3.48. The molecule has 0 radical (unpaired) electrons. The van der Waals surface area contributed by atoms with E-state index >= 15 is 0 Å². The quantitative estimate of drug-likeness (QED) is 0.371. The monoisotopic (exact) mass is 182 g/mol. The van der Waals surface area contributed by atoms with Crippen LogP contribution >= 0.6 is 11.6 Å². The Balaban J connectivity index is 3.60. The van der Waals surface area contributed by atoms with Crippen molar-refractivity contribution in [1.29, 1.82) is 0 Å². The molecule has 0 bridgehead atoms. The van der Waals surface area contributed by atoms with Crippen LogP contribution in [0.1, 0.15) is 13.3 Å². The van der Waals surface area contributed by atoms with Gasteiger partial charge in [-0.2, -0.15) is 0 Å². The highest BCUT2D eigenvalue weighted by Crippen LogP contribution is 1.99. The highest BCUT2D eigenvalue weighted by atomic mass is 35.5. The highest BCUT2D eigenvalue weighted by molar-refractivity contribution is 6.18. The van der Waals surface area contributed by atoms with Gasteiger partial charge in [-0.3, -0.25) is 9.59 Å². The Kier molecular flexibility index (Phi) is 4.77. The molecular weight excluding hydrogens is 175 g/mol. The highest BCUT2D eigenvalue weighted by Gasteiger charge is 2.12. The molecule has 1 atom stereocenters. The molecule has 0 aromatic carbocycles. The maximum absolute atomic E-state index is 12.1. The molecule has 0 aromatic heterocycles. The second-order valence-corrected chi connectivity index (χ2v) is 2.24. The van der Waals surface area contributed by atoms with Crippen LogP contribution in [0.4, 0.5) is 4.39 Å². The number of Topliss-reactive ketones (excluding diaryl/α,β-unsaturated/α-hetero) is 1. The van der Waals surface area contributed by atoms with E-state index in [4.69, 9.17) is 11.6 Å². The Morgan fingerprint density at radius 1 is 1.64 bits per heavy atom. The summed E-state index contributed by atoms with van der Waals surface area (Å²) in [5.41, 5.74) is 0. The Morgan fingerprint density at radius 2 is 2.18 bits per heavy atom. The second kappa shape index (κ2) is 5.07. The number of hydrogen-bond donors (Lipinski definition) is 0. The summed E-state index contributed by atoms with van der Waals surface area (Å²) < 4.78 is 16.2. The van der Waals surface area contributed by atoms with E-state index in [2.05, 4.69) is 4.74 Å². The molecule has 64 valence electrons. The van der Waals surface area contributed by atoms with Crippen molar-refractivity contribution < 1.29 is 18.7 Å². The van der Waals surface area contributed by atoms with Gasteiger partial charge in [0.25, 0.3) is 6.36 Å². The van der Waals surface area contributed by atoms with Crippen molar-refractivity contribution in [3.8, 4) is 0 Å². The first-order valence-electron chi connectivity index (χ1n) is 2.95. The van der Waals surface area contributed by atoms with E-state index in [1.807, 2.05) is 0 Å². The van der Waals surface area contributed by atoms with Gasteiger partial charge in [0.15, 0.2) is 0 Å². The Bertz CT molecular complexity index is 160. The van der Waals surface area contributed by atoms with Crippen LogP contribution in [0.25, 0.3) is 0 Å². The summed E-state index contributed by atoms with van der Waals surface area (Å²) in [6, 6.07) is 0. The van der Waals surface area contributed by atoms with Gasteiger partial charge in [0.1, 0.15) is 12.2 Å². The molecule has 0 N–H and O–H groups in total. The van der Waals surface area contributed by atoms with Gasteiger partial charge in [-0.25, -0.2) is 4.39 Å². The summed E-state index contributed by atoms with van der Waals surface area (Å²) >= 11 is 5.00. The topological polar surface area (TPSA) is 43.4 Å². The van der Waals surface area contributed by atoms with Crippen LogP contribution in [0.2, 0.25) is 0 Å².